The van der Waals surface area contributed by atoms with Gasteiger partial charge in [-0.1, -0.05) is 19.8 Å². The Labute approximate surface area is 79.3 Å². The van der Waals surface area contributed by atoms with Crippen molar-refractivity contribution in [3.8, 4) is 0 Å². The number of hydrogen-bond donors (Lipinski definition) is 2. The van der Waals surface area contributed by atoms with E-state index in [1.165, 1.54) is 0 Å². The minimum absolute atomic E-state index is 0.0129. The van der Waals surface area contributed by atoms with Gasteiger partial charge in [-0.3, -0.25) is 4.79 Å². The van der Waals surface area contributed by atoms with Crippen LogP contribution in [0, 0.1) is 11.3 Å². The second-order valence-corrected chi connectivity index (χ2v) is 4.39. The maximum atomic E-state index is 10.8. The average molecular weight is 185 g/mol. The third-order valence-corrected chi connectivity index (χ3v) is 3.65. The molecule has 0 radical (unpaired) electrons. The topological polar surface area (TPSA) is 63.3 Å². The molecule has 1 fully saturated rings. The van der Waals surface area contributed by atoms with Gasteiger partial charge >= 0.3 is 5.97 Å². The van der Waals surface area contributed by atoms with Crippen molar-refractivity contribution in [2.24, 2.45) is 17.1 Å². The van der Waals surface area contributed by atoms with E-state index in [1.807, 2.05) is 6.92 Å². The Bertz CT molecular complexity index is 203. The van der Waals surface area contributed by atoms with E-state index in [4.69, 9.17) is 10.8 Å². The normalized spacial score (nSPS) is 36.1. The van der Waals surface area contributed by atoms with Crippen molar-refractivity contribution in [1.82, 2.24) is 0 Å². The summed E-state index contributed by atoms with van der Waals surface area (Å²) in [5.74, 6) is -0.269. The van der Waals surface area contributed by atoms with Gasteiger partial charge in [0.2, 0.25) is 0 Å². The molecule has 0 heterocycles. The van der Waals surface area contributed by atoms with Crippen molar-refractivity contribution >= 4 is 5.97 Å². The lowest BCUT2D eigenvalue weighted by Crippen LogP contribution is -2.43. The highest BCUT2D eigenvalue weighted by Crippen LogP contribution is 2.47. The number of carboxylic acids is 1. The Morgan fingerprint density at radius 1 is 1.77 bits per heavy atom. The number of carbonyl (C=O) groups is 1. The minimum Gasteiger partial charge on any atom is -0.481 e. The molecule has 0 saturated heterocycles. The molecule has 0 aliphatic heterocycles. The van der Waals surface area contributed by atoms with Crippen molar-refractivity contribution in [2.75, 3.05) is 0 Å². The lowest BCUT2D eigenvalue weighted by molar-refractivity contribution is -0.140. The number of aliphatic carboxylic acids is 1. The van der Waals surface area contributed by atoms with Gasteiger partial charge in [-0.15, -0.1) is 0 Å². The Morgan fingerprint density at radius 3 is 2.69 bits per heavy atom. The van der Waals surface area contributed by atoms with E-state index in [1.54, 1.807) is 0 Å². The lowest BCUT2D eigenvalue weighted by Gasteiger charge is -2.36. The first-order valence-corrected chi connectivity index (χ1v) is 4.96. The van der Waals surface area contributed by atoms with Crippen LogP contribution >= 0.6 is 0 Å². The fraction of sp³-hybridized carbons (Fsp3) is 0.900. The molecule has 1 saturated carbocycles. The summed E-state index contributed by atoms with van der Waals surface area (Å²) in [4.78, 5) is 10.8. The van der Waals surface area contributed by atoms with E-state index in [2.05, 4.69) is 6.92 Å². The molecule has 0 spiro atoms. The largest absolute Gasteiger partial charge is 0.481 e. The molecule has 1 aliphatic carbocycles. The molecule has 76 valence electrons. The fourth-order valence-electron chi connectivity index (χ4n) is 2.65. The molecule has 13 heavy (non-hydrogen) atoms. The van der Waals surface area contributed by atoms with Gasteiger partial charge in [-0.05, 0) is 24.7 Å². The highest BCUT2D eigenvalue weighted by Gasteiger charge is 2.44. The first-order valence-electron chi connectivity index (χ1n) is 4.96. The van der Waals surface area contributed by atoms with Crippen LogP contribution in [0.5, 0.6) is 0 Å². The van der Waals surface area contributed by atoms with Crippen LogP contribution in [-0.4, -0.2) is 17.1 Å². The molecule has 3 N–H and O–H groups in total. The quantitative estimate of drug-likeness (QED) is 0.702. The highest BCUT2D eigenvalue weighted by atomic mass is 16.4. The molecule has 0 amide bonds. The number of rotatable bonds is 3. The molecule has 0 aromatic rings. The van der Waals surface area contributed by atoms with Crippen molar-refractivity contribution in [2.45, 2.75) is 45.6 Å². The standard InChI is InChI=1S/C10H19NO2/c1-7-4-3-5-10(7,8(2)11)6-9(12)13/h7-8H,3-6,11H2,1-2H3,(H,12,13). The molecule has 0 aromatic heterocycles. The first kappa shape index (κ1) is 10.5. The third kappa shape index (κ3) is 1.85. The van der Waals surface area contributed by atoms with E-state index >= 15 is 0 Å². The molecule has 3 unspecified atom stereocenters. The number of nitrogens with two attached hydrogens (primary N) is 1. The molecule has 3 nitrogen and oxygen atoms in total. The summed E-state index contributed by atoms with van der Waals surface area (Å²) < 4.78 is 0. The summed E-state index contributed by atoms with van der Waals surface area (Å²) in [5.41, 5.74) is 5.76. The Balaban J connectivity index is 2.80. The number of carboxylic acid groups (broad SMARTS) is 1. The van der Waals surface area contributed by atoms with Crippen molar-refractivity contribution in [1.29, 1.82) is 0 Å². The Hall–Kier alpha value is -0.570. The molecular formula is C10H19NO2. The van der Waals surface area contributed by atoms with Gasteiger partial charge < -0.3 is 10.8 Å². The maximum absolute atomic E-state index is 10.8. The molecule has 0 bridgehead atoms. The molecular weight excluding hydrogens is 166 g/mol. The molecule has 1 rings (SSSR count). The van der Waals surface area contributed by atoms with Crippen LogP contribution in [0.4, 0.5) is 0 Å². The van der Waals surface area contributed by atoms with E-state index < -0.39 is 5.97 Å². The zero-order valence-corrected chi connectivity index (χ0v) is 8.42. The van der Waals surface area contributed by atoms with Crippen LogP contribution in [0.3, 0.4) is 0 Å². The van der Waals surface area contributed by atoms with Crippen LogP contribution < -0.4 is 5.73 Å². The summed E-state index contributed by atoms with van der Waals surface area (Å²) >= 11 is 0. The highest BCUT2D eigenvalue weighted by molar-refractivity contribution is 5.68. The second-order valence-electron chi connectivity index (χ2n) is 4.39. The van der Waals surface area contributed by atoms with Gasteiger partial charge in [0.05, 0.1) is 6.42 Å². The zero-order valence-electron chi connectivity index (χ0n) is 8.42. The zero-order chi connectivity index (χ0) is 10.1. The van der Waals surface area contributed by atoms with Crippen molar-refractivity contribution in [3.05, 3.63) is 0 Å². The molecule has 1 aliphatic rings. The molecule has 3 heteroatoms. The van der Waals surface area contributed by atoms with E-state index in [-0.39, 0.29) is 17.9 Å². The van der Waals surface area contributed by atoms with Crippen LogP contribution in [0.15, 0.2) is 0 Å². The van der Waals surface area contributed by atoms with Crippen LogP contribution in [0.1, 0.15) is 39.5 Å². The van der Waals surface area contributed by atoms with Gasteiger partial charge in [0.25, 0.3) is 0 Å². The van der Waals surface area contributed by atoms with Crippen molar-refractivity contribution < 1.29 is 9.90 Å². The van der Waals surface area contributed by atoms with E-state index in [0.29, 0.717) is 5.92 Å². The summed E-state index contributed by atoms with van der Waals surface area (Å²) in [7, 11) is 0. The fourth-order valence-corrected chi connectivity index (χ4v) is 2.65. The predicted octanol–water partition coefficient (Wildman–Crippen LogP) is 1.61. The third-order valence-electron chi connectivity index (χ3n) is 3.65. The average Bonchev–Trinajstić information content (AvgIpc) is 2.32. The van der Waals surface area contributed by atoms with Gasteiger partial charge in [0.15, 0.2) is 0 Å². The summed E-state index contributed by atoms with van der Waals surface area (Å²) in [6.07, 6.45) is 3.44. The summed E-state index contributed by atoms with van der Waals surface area (Å²) in [5, 5.41) is 8.85. The summed E-state index contributed by atoms with van der Waals surface area (Å²) in [6, 6.07) is -0.0129. The van der Waals surface area contributed by atoms with Gasteiger partial charge in [0.1, 0.15) is 0 Å². The van der Waals surface area contributed by atoms with Crippen LogP contribution in [0.2, 0.25) is 0 Å². The van der Waals surface area contributed by atoms with E-state index in [0.717, 1.165) is 19.3 Å². The van der Waals surface area contributed by atoms with Crippen LogP contribution in [-0.2, 0) is 4.79 Å². The maximum Gasteiger partial charge on any atom is 0.303 e. The first-order chi connectivity index (χ1) is 5.99. The lowest BCUT2D eigenvalue weighted by atomic mass is 9.71. The summed E-state index contributed by atoms with van der Waals surface area (Å²) in [6.45, 7) is 4.06. The second kappa shape index (κ2) is 3.66. The smallest absolute Gasteiger partial charge is 0.303 e. The van der Waals surface area contributed by atoms with Crippen molar-refractivity contribution in [3.63, 3.8) is 0 Å². The van der Waals surface area contributed by atoms with Gasteiger partial charge in [-0.2, -0.15) is 0 Å². The number of hydrogen-bond acceptors (Lipinski definition) is 2. The monoisotopic (exact) mass is 185 g/mol. The predicted molar refractivity (Wildman–Crippen MR) is 51.4 cm³/mol. The molecule has 0 aromatic carbocycles. The van der Waals surface area contributed by atoms with E-state index in [9.17, 15) is 4.79 Å². The SMILES string of the molecule is CC(N)C1(CC(=O)O)CCCC1C. The minimum atomic E-state index is -0.717. The molecule has 3 atom stereocenters. The van der Waals surface area contributed by atoms with Gasteiger partial charge in [-0.25, -0.2) is 0 Å². The Morgan fingerprint density at radius 2 is 2.38 bits per heavy atom. The van der Waals surface area contributed by atoms with Gasteiger partial charge in [0, 0.05) is 6.04 Å². The Kier molecular flexibility index (Phi) is 2.96. The van der Waals surface area contributed by atoms with Crippen LogP contribution in [0.25, 0.3) is 0 Å².